The summed E-state index contributed by atoms with van der Waals surface area (Å²) in [4.78, 5) is -0.238. The largest absolute Gasteiger partial charge is 0.494 e. The van der Waals surface area contributed by atoms with E-state index in [9.17, 15) is 12.8 Å². The van der Waals surface area contributed by atoms with Gasteiger partial charge in [-0.15, -0.1) is 0 Å². The van der Waals surface area contributed by atoms with Crippen LogP contribution in [0.5, 0.6) is 5.75 Å². The van der Waals surface area contributed by atoms with Gasteiger partial charge < -0.3 is 4.74 Å². The summed E-state index contributed by atoms with van der Waals surface area (Å²) >= 11 is 0. The fourth-order valence-electron chi connectivity index (χ4n) is 1.06. The molecule has 0 fully saturated rings. The van der Waals surface area contributed by atoms with Crippen LogP contribution in [-0.2, 0) is 9.05 Å². The summed E-state index contributed by atoms with van der Waals surface area (Å²) < 4.78 is 39.7. The summed E-state index contributed by atoms with van der Waals surface area (Å²) in [6.45, 7) is 1.51. The molecule has 1 aromatic carbocycles. The van der Waals surface area contributed by atoms with Gasteiger partial charge in [-0.1, -0.05) is 0 Å². The Morgan fingerprint density at radius 1 is 1.43 bits per heavy atom. The number of hydrogen-bond donors (Lipinski definition) is 0. The van der Waals surface area contributed by atoms with E-state index in [1.54, 1.807) is 0 Å². The molecule has 0 N–H and O–H groups in total. The van der Waals surface area contributed by atoms with Gasteiger partial charge in [0.2, 0.25) is 0 Å². The highest BCUT2D eigenvalue weighted by Crippen LogP contribution is 2.26. The van der Waals surface area contributed by atoms with Crippen LogP contribution >= 0.6 is 10.7 Å². The zero-order valence-corrected chi connectivity index (χ0v) is 9.12. The normalized spacial score (nSPS) is 11.4. The molecule has 78 valence electrons. The van der Waals surface area contributed by atoms with Crippen LogP contribution in [0.25, 0.3) is 0 Å². The Morgan fingerprint density at radius 2 is 2.00 bits per heavy atom. The van der Waals surface area contributed by atoms with E-state index in [0.717, 1.165) is 6.07 Å². The van der Waals surface area contributed by atoms with E-state index in [2.05, 4.69) is 4.74 Å². The van der Waals surface area contributed by atoms with E-state index < -0.39 is 14.9 Å². The number of halogens is 2. The van der Waals surface area contributed by atoms with Crippen molar-refractivity contribution >= 4 is 19.7 Å². The van der Waals surface area contributed by atoms with Gasteiger partial charge in [-0.25, -0.2) is 12.8 Å². The van der Waals surface area contributed by atoms with Crippen LogP contribution in [-0.4, -0.2) is 15.5 Å². The van der Waals surface area contributed by atoms with E-state index in [1.807, 2.05) is 0 Å². The van der Waals surface area contributed by atoms with Gasteiger partial charge >= 0.3 is 0 Å². The molecule has 0 heterocycles. The monoisotopic (exact) mass is 238 g/mol. The maximum absolute atomic E-state index is 13.1. The first-order chi connectivity index (χ1) is 6.36. The van der Waals surface area contributed by atoms with Gasteiger partial charge in [0.15, 0.2) is 11.6 Å². The van der Waals surface area contributed by atoms with Crippen LogP contribution in [0.15, 0.2) is 17.0 Å². The Morgan fingerprint density at radius 3 is 2.43 bits per heavy atom. The van der Waals surface area contributed by atoms with E-state index in [-0.39, 0.29) is 10.6 Å². The second kappa shape index (κ2) is 3.74. The van der Waals surface area contributed by atoms with E-state index in [0.29, 0.717) is 5.56 Å². The Balaban J connectivity index is 3.44. The van der Waals surface area contributed by atoms with Crippen molar-refractivity contribution in [3.05, 3.63) is 23.5 Å². The van der Waals surface area contributed by atoms with Crippen LogP contribution in [0.1, 0.15) is 5.56 Å². The van der Waals surface area contributed by atoms with E-state index >= 15 is 0 Å². The number of hydrogen-bond acceptors (Lipinski definition) is 3. The van der Waals surface area contributed by atoms with Crippen molar-refractivity contribution in [3.8, 4) is 5.75 Å². The van der Waals surface area contributed by atoms with Crippen molar-refractivity contribution in [2.75, 3.05) is 7.11 Å². The third-order valence-electron chi connectivity index (χ3n) is 1.71. The van der Waals surface area contributed by atoms with Crippen molar-refractivity contribution in [2.24, 2.45) is 0 Å². The minimum Gasteiger partial charge on any atom is -0.494 e. The molecular formula is C8H8ClFO3S. The van der Waals surface area contributed by atoms with Gasteiger partial charge in [0.05, 0.1) is 12.0 Å². The zero-order chi connectivity index (χ0) is 10.9. The molecule has 0 spiro atoms. The topological polar surface area (TPSA) is 43.4 Å². The molecule has 1 rings (SSSR count). The molecule has 0 aliphatic carbocycles. The van der Waals surface area contributed by atoms with Crippen LogP contribution in [0.4, 0.5) is 4.39 Å². The summed E-state index contributed by atoms with van der Waals surface area (Å²) in [6, 6.07) is 2.13. The molecule has 14 heavy (non-hydrogen) atoms. The van der Waals surface area contributed by atoms with Crippen LogP contribution in [0, 0.1) is 12.7 Å². The van der Waals surface area contributed by atoms with Crippen molar-refractivity contribution in [1.29, 1.82) is 0 Å². The van der Waals surface area contributed by atoms with Crippen molar-refractivity contribution in [3.63, 3.8) is 0 Å². The summed E-state index contributed by atoms with van der Waals surface area (Å²) in [6.07, 6.45) is 0. The van der Waals surface area contributed by atoms with Crippen LogP contribution < -0.4 is 4.74 Å². The van der Waals surface area contributed by atoms with Crippen molar-refractivity contribution in [1.82, 2.24) is 0 Å². The minimum atomic E-state index is -3.90. The predicted octanol–water partition coefficient (Wildman–Crippen LogP) is 2.07. The van der Waals surface area contributed by atoms with E-state index in [1.165, 1.54) is 20.1 Å². The summed E-state index contributed by atoms with van der Waals surface area (Å²) in [5.74, 6) is -0.760. The third-order valence-corrected chi connectivity index (χ3v) is 3.18. The van der Waals surface area contributed by atoms with Gasteiger partial charge in [0.25, 0.3) is 9.05 Å². The third kappa shape index (κ3) is 2.16. The second-order valence-electron chi connectivity index (χ2n) is 2.69. The first-order valence-corrected chi connectivity index (χ1v) is 5.96. The lowest BCUT2D eigenvalue weighted by Crippen LogP contribution is -1.98. The molecule has 0 unspecified atom stereocenters. The fourth-order valence-corrected chi connectivity index (χ4v) is 2.24. The Bertz CT molecular complexity index is 456. The van der Waals surface area contributed by atoms with Gasteiger partial charge in [-0.3, -0.25) is 0 Å². The van der Waals surface area contributed by atoms with Gasteiger partial charge in [-0.2, -0.15) is 0 Å². The smallest absolute Gasteiger partial charge is 0.261 e. The van der Waals surface area contributed by atoms with Crippen LogP contribution in [0.3, 0.4) is 0 Å². The Labute approximate surface area is 85.9 Å². The predicted molar refractivity (Wildman–Crippen MR) is 50.7 cm³/mol. The quantitative estimate of drug-likeness (QED) is 0.741. The highest BCUT2D eigenvalue weighted by molar-refractivity contribution is 8.13. The highest BCUT2D eigenvalue weighted by Gasteiger charge is 2.17. The molecule has 0 aromatic heterocycles. The van der Waals surface area contributed by atoms with Gasteiger partial charge in [-0.05, 0) is 24.6 Å². The zero-order valence-electron chi connectivity index (χ0n) is 7.54. The lowest BCUT2D eigenvalue weighted by atomic mass is 10.2. The molecule has 1 aromatic rings. The number of methoxy groups -OCH3 is 1. The van der Waals surface area contributed by atoms with Crippen LogP contribution in [0.2, 0.25) is 0 Å². The molecule has 0 bridgehead atoms. The van der Waals surface area contributed by atoms with E-state index in [4.69, 9.17) is 10.7 Å². The molecule has 0 radical (unpaired) electrons. The summed E-state index contributed by atoms with van der Waals surface area (Å²) in [5, 5.41) is 0. The lowest BCUT2D eigenvalue weighted by molar-refractivity contribution is 0.385. The number of benzene rings is 1. The average molecular weight is 239 g/mol. The molecule has 0 aliphatic rings. The Kier molecular flexibility index (Phi) is 3.01. The molecular weight excluding hydrogens is 231 g/mol. The molecule has 3 nitrogen and oxygen atoms in total. The van der Waals surface area contributed by atoms with Crippen molar-refractivity contribution < 1.29 is 17.5 Å². The molecule has 0 aliphatic heterocycles. The molecule has 0 saturated heterocycles. The first-order valence-electron chi connectivity index (χ1n) is 3.65. The fraction of sp³-hybridized carbons (Fsp3) is 0.250. The maximum Gasteiger partial charge on any atom is 0.261 e. The average Bonchev–Trinajstić information content (AvgIpc) is 2.06. The number of aryl methyl sites for hydroxylation is 1. The maximum atomic E-state index is 13.1. The minimum absolute atomic E-state index is 0.00781. The highest BCUT2D eigenvalue weighted by atomic mass is 35.7. The Hall–Kier alpha value is -0.810. The summed E-state index contributed by atoms with van der Waals surface area (Å²) in [7, 11) is 2.49. The number of ether oxygens (including phenoxy) is 1. The SMILES string of the molecule is COc1cc(C)c(S(=O)(=O)Cl)cc1F. The molecule has 0 amide bonds. The van der Waals surface area contributed by atoms with Gasteiger partial charge in [0, 0.05) is 10.7 Å². The first kappa shape index (κ1) is 11.3. The lowest BCUT2D eigenvalue weighted by Gasteiger charge is -2.06. The molecule has 0 atom stereocenters. The molecule has 6 heteroatoms. The summed E-state index contributed by atoms with van der Waals surface area (Å²) in [5.41, 5.74) is 0.346. The number of rotatable bonds is 2. The standard InChI is InChI=1S/C8H8ClFO3S/c1-5-3-7(13-2)6(10)4-8(5)14(9,11)12/h3-4H,1-2H3. The van der Waals surface area contributed by atoms with Gasteiger partial charge in [0.1, 0.15) is 0 Å². The van der Waals surface area contributed by atoms with Crippen molar-refractivity contribution in [2.45, 2.75) is 11.8 Å². The second-order valence-corrected chi connectivity index (χ2v) is 5.22. The molecule has 0 saturated carbocycles.